The molecule has 0 saturated heterocycles. The number of ether oxygens (including phenoxy) is 1. The Hall–Kier alpha value is -1.63. The average Bonchev–Trinajstić information content (AvgIpc) is 2.15. The van der Waals surface area contributed by atoms with Gasteiger partial charge in [0, 0.05) is 10.5 Å². The largest absolute Gasteiger partial charge is 0.496 e. The number of rotatable bonds is 3. The van der Waals surface area contributed by atoms with Crippen LogP contribution in [0.5, 0.6) is 5.75 Å². The Labute approximate surface area is 93.3 Å². The Morgan fingerprint density at radius 1 is 1.60 bits per heavy atom. The third-order valence-corrected chi connectivity index (χ3v) is 2.17. The lowest BCUT2D eigenvalue weighted by Crippen LogP contribution is -2.15. The van der Waals surface area contributed by atoms with Crippen LogP contribution in [0, 0.1) is 10.1 Å². The third-order valence-electron chi connectivity index (χ3n) is 1.71. The van der Waals surface area contributed by atoms with E-state index >= 15 is 0 Å². The molecule has 0 aliphatic rings. The van der Waals surface area contributed by atoms with Crippen LogP contribution in [0.15, 0.2) is 16.6 Å². The van der Waals surface area contributed by atoms with E-state index in [0.717, 1.165) is 0 Å². The Bertz CT molecular complexity index is 433. The van der Waals surface area contributed by atoms with E-state index in [4.69, 9.17) is 10.5 Å². The summed E-state index contributed by atoms with van der Waals surface area (Å²) in [5.74, 6) is -0.824. The first-order valence-corrected chi connectivity index (χ1v) is 4.58. The molecular weight excluding hydrogens is 268 g/mol. The zero-order valence-corrected chi connectivity index (χ0v) is 9.28. The number of benzene rings is 1. The monoisotopic (exact) mass is 274 g/mol. The average molecular weight is 275 g/mol. The molecule has 1 rings (SSSR count). The summed E-state index contributed by atoms with van der Waals surface area (Å²) < 4.78 is 5.28. The minimum atomic E-state index is -0.897. The van der Waals surface area contributed by atoms with Crippen molar-refractivity contribution in [3.05, 3.63) is 32.3 Å². The number of hydrogen-bond donors (Lipinski definition) is 1. The summed E-state index contributed by atoms with van der Waals surface area (Å²) in [5.41, 5.74) is 4.43. The van der Waals surface area contributed by atoms with Crippen LogP contribution in [0.25, 0.3) is 0 Å². The number of nitro groups is 1. The predicted molar refractivity (Wildman–Crippen MR) is 55.9 cm³/mol. The highest BCUT2D eigenvalue weighted by Crippen LogP contribution is 2.32. The van der Waals surface area contributed by atoms with Gasteiger partial charge in [0.05, 0.1) is 12.0 Å². The third kappa shape index (κ3) is 2.24. The molecule has 7 heteroatoms. The number of nitrogens with zero attached hydrogens (tertiary/aromatic N) is 1. The normalized spacial score (nSPS) is 9.73. The second-order valence-corrected chi connectivity index (χ2v) is 3.54. The number of nitro benzene ring substituents is 1. The molecule has 0 aromatic heterocycles. The highest BCUT2D eigenvalue weighted by Gasteiger charge is 2.24. The van der Waals surface area contributed by atoms with E-state index in [1.54, 1.807) is 0 Å². The van der Waals surface area contributed by atoms with Gasteiger partial charge in [-0.05, 0) is 6.07 Å². The number of halogens is 1. The van der Waals surface area contributed by atoms with Crippen molar-refractivity contribution in [1.82, 2.24) is 0 Å². The smallest absolute Gasteiger partial charge is 0.287 e. The molecule has 1 aromatic carbocycles. The molecule has 0 heterocycles. The van der Waals surface area contributed by atoms with Crippen LogP contribution in [-0.2, 0) is 0 Å². The van der Waals surface area contributed by atoms with Gasteiger partial charge >= 0.3 is 0 Å². The van der Waals surface area contributed by atoms with Crippen LogP contribution in [-0.4, -0.2) is 17.9 Å². The number of amides is 1. The van der Waals surface area contributed by atoms with Crippen LogP contribution >= 0.6 is 15.9 Å². The Morgan fingerprint density at radius 2 is 2.20 bits per heavy atom. The van der Waals surface area contributed by atoms with Gasteiger partial charge in [0.25, 0.3) is 11.6 Å². The molecule has 0 unspecified atom stereocenters. The molecule has 0 fully saturated rings. The molecule has 2 N–H and O–H groups in total. The topological polar surface area (TPSA) is 95.5 Å². The van der Waals surface area contributed by atoms with Gasteiger partial charge < -0.3 is 10.5 Å². The van der Waals surface area contributed by atoms with Gasteiger partial charge in [0.2, 0.25) is 0 Å². The van der Waals surface area contributed by atoms with E-state index in [0.29, 0.717) is 4.47 Å². The lowest BCUT2D eigenvalue weighted by Gasteiger charge is -2.06. The second kappa shape index (κ2) is 4.26. The Morgan fingerprint density at radius 3 is 2.60 bits per heavy atom. The number of carbonyl (C=O) groups is 1. The maximum atomic E-state index is 11.0. The maximum absolute atomic E-state index is 11.0. The van der Waals surface area contributed by atoms with Crippen LogP contribution in [0.4, 0.5) is 5.69 Å². The molecule has 0 saturated carbocycles. The first-order valence-electron chi connectivity index (χ1n) is 3.79. The summed E-state index contributed by atoms with van der Waals surface area (Å²) in [7, 11) is 1.30. The van der Waals surface area contributed by atoms with Gasteiger partial charge in [-0.15, -0.1) is 0 Å². The fourth-order valence-electron chi connectivity index (χ4n) is 1.12. The van der Waals surface area contributed by atoms with E-state index in [9.17, 15) is 14.9 Å². The summed E-state index contributed by atoms with van der Waals surface area (Å²) in [6.07, 6.45) is 0. The minimum absolute atomic E-state index is 0.0728. The van der Waals surface area contributed by atoms with Crippen molar-refractivity contribution in [3.63, 3.8) is 0 Å². The van der Waals surface area contributed by atoms with Crippen molar-refractivity contribution in [2.75, 3.05) is 7.11 Å². The standard InChI is InChI=1S/C8H7BrN2O4/c1-15-6-3-4(9)2-5(11(13)14)7(6)8(10)12/h2-3H,1H3,(H2,10,12). The summed E-state index contributed by atoms with van der Waals surface area (Å²) in [6, 6.07) is 2.63. The lowest BCUT2D eigenvalue weighted by molar-refractivity contribution is -0.385. The summed E-state index contributed by atoms with van der Waals surface area (Å²) in [5, 5.41) is 10.7. The SMILES string of the molecule is COc1cc(Br)cc([N+](=O)[O-])c1C(N)=O. The number of carbonyl (C=O) groups excluding carboxylic acids is 1. The fourth-order valence-corrected chi connectivity index (χ4v) is 1.55. The molecule has 6 nitrogen and oxygen atoms in total. The maximum Gasteiger partial charge on any atom is 0.287 e. The van der Waals surface area contributed by atoms with Gasteiger partial charge in [0.15, 0.2) is 5.56 Å². The van der Waals surface area contributed by atoms with Crippen molar-refractivity contribution >= 4 is 27.5 Å². The second-order valence-electron chi connectivity index (χ2n) is 2.62. The molecule has 1 amide bonds. The molecule has 80 valence electrons. The number of primary amides is 1. The molecule has 0 spiro atoms. The highest BCUT2D eigenvalue weighted by atomic mass is 79.9. The van der Waals surface area contributed by atoms with E-state index in [1.165, 1.54) is 19.2 Å². The molecule has 0 bridgehead atoms. The molecule has 0 radical (unpaired) electrons. The summed E-state index contributed by atoms with van der Waals surface area (Å²) >= 11 is 3.07. The van der Waals surface area contributed by atoms with E-state index in [-0.39, 0.29) is 17.0 Å². The Kier molecular flexibility index (Phi) is 3.25. The molecule has 0 aliphatic heterocycles. The van der Waals surface area contributed by atoms with Crippen LogP contribution in [0.2, 0.25) is 0 Å². The van der Waals surface area contributed by atoms with E-state index in [2.05, 4.69) is 15.9 Å². The molecule has 15 heavy (non-hydrogen) atoms. The van der Waals surface area contributed by atoms with Crippen molar-refractivity contribution in [3.8, 4) is 5.75 Å². The van der Waals surface area contributed by atoms with Crippen molar-refractivity contribution < 1.29 is 14.5 Å². The fraction of sp³-hybridized carbons (Fsp3) is 0.125. The highest BCUT2D eigenvalue weighted by molar-refractivity contribution is 9.10. The zero-order chi connectivity index (χ0) is 11.6. The lowest BCUT2D eigenvalue weighted by atomic mass is 10.1. The van der Waals surface area contributed by atoms with Gasteiger partial charge in [-0.2, -0.15) is 0 Å². The van der Waals surface area contributed by atoms with Gasteiger partial charge in [0.1, 0.15) is 5.75 Å². The molecule has 1 aromatic rings. The van der Waals surface area contributed by atoms with Gasteiger partial charge in [-0.3, -0.25) is 14.9 Å². The van der Waals surface area contributed by atoms with Crippen molar-refractivity contribution in [2.45, 2.75) is 0 Å². The van der Waals surface area contributed by atoms with Crippen LogP contribution < -0.4 is 10.5 Å². The quantitative estimate of drug-likeness (QED) is 0.667. The minimum Gasteiger partial charge on any atom is -0.496 e. The summed E-state index contributed by atoms with van der Waals surface area (Å²) in [6.45, 7) is 0. The van der Waals surface area contributed by atoms with E-state index in [1.807, 2.05) is 0 Å². The predicted octanol–water partition coefficient (Wildman–Crippen LogP) is 1.46. The number of hydrogen-bond acceptors (Lipinski definition) is 4. The van der Waals surface area contributed by atoms with Crippen LogP contribution in [0.3, 0.4) is 0 Å². The van der Waals surface area contributed by atoms with Crippen LogP contribution in [0.1, 0.15) is 10.4 Å². The van der Waals surface area contributed by atoms with Crippen molar-refractivity contribution in [2.24, 2.45) is 5.73 Å². The molecule has 0 aliphatic carbocycles. The zero-order valence-electron chi connectivity index (χ0n) is 7.69. The number of methoxy groups -OCH3 is 1. The molecular formula is C8H7BrN2O4. The summed E-state index contributed by atoms with van der Waals surface area (Å²) in [4.78, 5) is 21.0. The van der Waals surface area contributed by atoms with E-state index < -0.39 is 10.8 Å². The Balaban J connectivity index is 3.54. The molecule has 0 atom stereocenters. The number of nitrogens with two attached hydrogens (primary N) is 1. The van der Waals surface area contributed by atoms with Gasteiger partial charge in [-0.25, -0.2) is 0 Å². The van der Waals surface area contributed by atoms with Gasteiger partial charge in [-0.1, -0.05) is 15.9 Å². The van der Waals surface area contributed by atoms with Crippen molar-refractivity contribution in [1.29, 1.82) is 0 Å². The first kappa shape index (κ1) is 11.4. The first-order chi connectivity index (χ1) is 6.97.